The molecule has 0 saturated carbocycles. The fourth-order valence-electron chi connectivity index (χ4n) is 8.54. The molecule has 0 atom stereocenters. The molecule has 0 fully saturated rings. The van der Waals surface area contributed by atoms with Gasteiger partial charge >= 0.3 is 38.0 Å². The summed E-state index contributed by atoms with van der Waals surface area (Å²) in [6.07, 6.45) is 18.1. The van der Waals surface area contributed by atoms with E-state index in [1.54, 1.807) is 13.3 Å². The van der Waals surface area contributed by atoms with E-state index in [4.69, 9.17) is 45.2 Å². The monoisotopic (exact) mass is 2290 g/mol. The third-order valence-corrected chi connectivity index (χ3v) is 38.9. The van der Waals surface area contributed by atoms with Gasteiger partial charge in [0.2, 0.25) is 0 Å². The van der Waals surface area contributed by atoms with E-state index in [9.17, 15) is 27.4 Å². The van der Waals surface area contributed by atoms with E-state index in [0.29, 0.717) is 108 Å². The number of halogens is 12. The summed E-state index contributed by atoms with van der Waals surface area (Å²) in [5, 5.41) is 0. The van der Waals surface area contributed by atoms with Crippen molar-refractivity contribution in [3.8, 4) is 0 Å². The van der Waals surface area contributed by atoms with Crippen molar-refractivity contribution < 1.29 is 72.6 Å². The van der Waals surface area contributed by atoms with Crippen LogP contribution in [0.25, 0.3) is 0 Å². The van der Waals surface area contributed by atoms with E-state index in [-0.39, 0.29) is 30.8 Å². The first kappa shape index (κ1) is 102. The van der Waals surface area contributed by atoms with Gasteiger partial charge in [0.25, 0.3) is 0 Å². The van der Waals surface area contributed by atoms with Crippen molar-refractivity contribution in [1.29, 1.82) is 0 Å². The summed E-state index contributed by atoms with van der Waals surface area (Å²) in [6.45, 7) is 27.8. The van der Waals surface area contributed by atoms with Crippen LogP contribution in [0.5, 0.6) is 0 Å². The van der Waals surface area contributed by atoms with Crippen molar-refractivity contribution in [3.63, 3.8) is 0 Å². The Hall–Kier alpha value is 4.40. The number of hydrogen-bond acceptors (Lipinski definition) is 16. The SMILES string of the molecule is CCCCOP(=O)(Cc1c(Br)c(Br)c(Br)c(Br)c1CP(=O)(OCCCC)OCCCC)OCCCC.CCCCOP(=O)(Cc1c(Br)c(Br)c(Br)c(CP(=O)(OCCCC)OCCCC)c1Br)OCCCC.CCCCOP(=O)(Cc1c(Br)c(Br)c(CP(C)(C)=O)c(Br)c1Br)OCCCC. The largest absolute Gasteiger partial charge is 0.335 e. The van der Waals surface area contributed by atoms with Gasteiger partial charge in [0.1, 0.15) is 0 Å². The molecular formula is C66H108Br12O16P6. The normalized spacial score (nSPS) is 12.5. The Morgan fingerprint density at radius 3 is 0.500 bits per heavy atom. The van der Waals surface area contributed by atoms with E-state index in [1.165, 1.54) is 0 Å². The maximum Gasteiger partial charge on any atom is 0.335 e. The van der Waals surface area contributed by atoms with Gasteiger partial charge in [-0.25, -0.2) is 0 Å². The second-order valence-electron chi connectivity index (χ2n) is 24.1. The highest BCUT2D eigenvalue weighted by molar-refractivity contribution is 9.16. The number of unbranched alkanes of at least 4 members (excludes halogenated alkanes) is 10. The molecule has 34 heteroatoms. The van der Waals surface area contributed by atoms with Crippen LogP contribution in [0, 0.1) is 0 Å². The molecule has 0 aromatic heterocycles. The average molecular weight is 2300 g/mol. The standard InChI is InChI=1S/2C24H40Br4O6P2.C18H28Br4O4P2/c1-5-9-13-31-35(29,32-14-10-6-2)17-19-21(25)20(23(27)24(28)22(19)26)18-36(30,33-15-11-7-3)34-16-12-8-4;1-5-9-13-31-35(29,32-14-10-6-2)17-19-20(22(26)24(28)23(27)21(19)25)18-36(30,33-15-11-7-3)34-16-12-8-4;1-5-7-9-25-28(24,26-10-8-6-2)12-14-17(21)15(19)13(11-27(3,4)23)16(20)18(14)22/h2*5-18H2,1-4H3;5-12H2,1-4H3. The van der Waals surface area contributed by atoms with Crippen LogP contribution in [0.1, 0.15) is 231 Å². The van der Waals surface area contributed by atoms with Gasteiger partial charge in [0, 0.05) is 59.8 Å². The van der Waals surface area contributed by atoms with Crippen molar-refractivity contribution >= 4 is 236 Å². The molecule has 0 spiro atoms. The van der Waals surface area contributed by atoms with E-state index in [0.717, 1.165) is 180 Å². The van der Waals surface area contributed by atoms with Gasteiger partial charge in [0.15, 0.2) is 0 Å². The first-order valence-electron chi connectivity index (χ1n) is 34.6. The molecule has 0 unspecified atom stereocenters. The summed E-state index contributed by atoms with van der Waals surface area (Å²) in [5.41, 5.74) is 4.50. The lowest BCUT2D eigenvalue weighted by Crippen LogP contribution is -2.08. The summed E-state index contributed by atoms with van der Waals surface area (Å²) < 4.78 is 148. The zero-order chi connectivity index (χ0) is 75.9. The van der Waals surface area contributed by atoms with E-state index in [2.05, 4.69) is 260 Å². The molecule has 0 amide bonds. The highest BCUT2D eigenvalue weighted by atomic mass is 79.9. The molecule has 0 aliphatic rings. The van der Waals surface area contributed by atoms with Crippen molar-refractivity contribution in [2.75, 3.05) is 79.4 Å². The number of benzene rings is 3. The van der Waals surface area contributed by atoms with E-state index >= 15 is 0 Å². The minimum absolute atomic E-state index is 0.0325. The maximum absolute atomic E-state index is 13.9. The molecule has 3 rings (SSSR count). The van der Waals surface area contributed by atoms with Crippen molar-refractivity contribution in [2.24, 2.45) is 0 Å². The molecular weight excluding hydrogens is 2190 g/mol. The van der Waals surface area contributed by atoms with Crippen LogP contribution in [0.2, 0.25) is 0 Å². The Bertz CT molecular complexity index is 2980. The molecule has 16 nitrogen and oxygen atoms in total. The van der Waals surface area contributed by atoms with Gasteiger partial charge in [-0.2, -0.15) is 0 Å². The highest BCUT2D eigenvalue weighted by Crippen LogP contribution is 2.62. The molecule has 3 aromatic rings. The van der Waals surface area contributed by atoms with Crippen LogP contribution in [0.15, 0.2) is 53.7 Å². The van der Waals surface area contributed by atoms with Gasteiger partial charge in [-0.1, -0.05) is 149 Å². The second-order valence-corrected chi connectivity index (χ2v) is 47.3. The quantitative estimate of drug-likeness (QED) is 0.0224. The van der Waals surface area contributed by atoms with Crippen LogP contribution in [-0.2, 0) is 110 Å². The van der Waals surface area contributed by atoms with Crippen LogP contribution in [0.3, 0.4) is 0 Å². The third-order valence-electron chi connectivity index (χ3n) is 14.5. The molecule has 0 heterocycles. The summed E-state index contributed by atoms with van der Waals surface area (Å²) in [5.74, 6) is 0. The molecule has 0 aliphatic heterocycles. The fraction of sp³-hybridized carbons (Fsp3) is 0.727. The molecule has 0 N–H and O–H groups in total. The minimum Gasteiger partial charge on any atom is -0.324 e. The van der Waals surface area contributed by atoms with E-state index in [1.807, 2.05) is 0 Å². The molecule has 100 heavy (non-hydrogen) atoms. The van der Waals surface area contributed by atoms with Gasteiger partial charge < -0.3 is 49.8 Å². The van der Waals surface area contributed by atoms with Crippen molar-refractivity contribution in [2.45, 2.75) is 235 Å². The van der Waals surface area contributed by atoms with E-state index < -0.39 is 45.1 Å². The number of hydrogen-bond donors (Lipinski definition) is 0. The minimum atomic E-state index is -3.49. The predicted molar refractivity (Wildman–Crippen MR) is 460 cm³/mol. The fourth-order valence-corrected chi connectivity index (χ4v) is 29.2. The summed E-state index contributed by atoms with van der Waals surface area (Å²) >= 11 is 43.6. The lowest BCUT2D eigenvalue weighted by Gasteiger charge is -2.25. The Labute approximate surface area is 701 Å². The predicted octanol–water partition coefficient (Wildman–Crippen LogP) is 32.0. The second kappa shape index (κ2) is 55.0. The average Bonchev–Trinajstić information content (AvgIpc) is 0.788. The van der Waals surface area contributed by atoms with Crippen LogP contribution in [-0.4, -0.2) is 79.4 Å². The molecule has 0 saturated heterocycles. The van der Waals surface area contributed by atoms with Crippen LogP contribution < -0.4 is 0 Å². The lowest BCUT2D eigenvalue weighted by molar-refractivity contribution is 0.196. The van der Waals surface area contributed by atoms with Crippen molar-refractivity contribution in [3.05, 3.63) is 87.1 Å². The van der Waals surface area contributed by atoms with Crippen LogP contribution in [0.4, 0.5) is 0 Å². The first-order valence-corrected chi connectivity index (χ1v) is 55.5. The molecule has 582 valence electrons. The van der Waals surface area contributed by atoms with Crippen LogP contribution >= 0.6 is 236 Å². The van der Waals surface area contributed by atoms with Gasteiger partial charge in [-0.3, -0.25) is 22.8 Å². The zero-order valence-corrected chi connectivity index (χ0v) is 84.6. The molecule has 3 aromatic carbocycles. The molecule has 0 aliphatic carbocycles. The summed E-state index contributed by atoms with van der Waals surface area (Å²) in [4.78, 5) is 0. The Kier molecular flexibility index (Phi) is 56.3. The van der Waals surface area contributed by atoms with Gasteiger partial charge in [-0.05, 0) is 286 Å². The molecule has 0 radical (unpaired) electrons. The number of rotatable bonds is 52. The smallest absolute Gasteiger partial charge is 0.324 e. The topological polar surface area (TPSA) is 195 Å². The first-order chi connectivity index (χ1) is 47.1. The third kappa shape index (κ3) is 38.0. The lowest BCUT2D eigenvalue weighted by atomic mass is 10.1. The van der Waals surface area contributed by atoms with Gasteiger partial charge in [0.05, 0.1) is 104 Å². The van der Waals surface area contributed by atoms with Gasteiger partial charge in [-0.15, -0.1) is 0 Å². The Morgan fingerprint density at radius 1 is 0.200 bits per heavy atom. The molecule has 0 bridgehead atoms. The Balaban J connectivity index is 0.000000757. The zero-order valence-electron chi connectivity index (χ0n) is 60.2. The summed E-state index contributed by atoms with van der Waals surface area (Å²) in [6, 6.07) is 0. The Morgan fingerprint density at radius 2 is 0.330 bits per heavy atom. The van der Waals surface area contributed by atoms with Crippen molar-refractivity contribution in [1.82, 2.24) is 0 Å². The highest BCUT2D eigenvalue weighted by Gasteiger charge is 2.37. The summed E-state index contributed by atoms with van der Waals surface area (Å²) in [7, 11) is -19.4. The maximum atomic E-state index is 13.9.